The maximum absolute atomic E-state index is 13.1. The van der Waals surface area contributed by atoms with E-state index in [4.69, 9.17) is 28.4 Å². The van der Waals surface area contributed by atoms with Crippen molar-refractivity contribution in [1.29, 1.82) is 0 Å². The van der Waals surface area contributed by atoms with Gasteiger partial charge in [0, 0.05) is 13.0 Å². The molecule has 14 heteroatoms. The molecule has 0 aromatic heterocycles. The lowest BCUT2D eigenvalue weighted by atomic mass is 9.98. The molecule has 2 fully saturated rings. The van der Waals surface area contributed by atoms with E-state index >= 15 is 0 Å². The van der Waals surface area contributed by atoms with Gasteiger partial charge in [0.25, 0.3) is 0 Å². The van der Waals surface area contributed by atoms with Crippen LogP contribution in [0.2, 0.25) is 0 Å². The number of unbranched alkanes of at least 4 members (excludes halogenated alkanes) is 24. The second-order valence-electron chi connectivity index (χ2n) is 20.8. The number of hydrogen-bond donors (Lipinski definition) is 7. The second kappa shape index (κ2) is 47.7. The Hall–Kier alpha value is -2.31. The van der Waals surface area contributed by atoms with Gasteiger partial charge in [-0.05, 0) is 77.0 Å². The number of esters is 1. The van der Waals surface area contributed by atoms with Gasteiger partial charge in [0.1, 0.15) is 54.9 Å². The highest BCUT2D eigenvalue weighted by Crippen LogP contribution is 2.27. The van der Waals surface area contributed by atoms with Gasteiger partial charge in [-0.1, -0.05) is 197 Å². The van der Waals surface area contributed by atoms with Gasteiger partial charge in [0.05, 0.1) is 26.4 Å². The van der Waals surface area contributed by atoms with Gasteiger partial charge in [-0.2, -0.15) is 0 Å². The second-order valence-corrected chi connectivity index (χ2v) is 20.8. The Morgan fingerprint density at radius 1 is 0.453 bits per heavy atom. The molecule has 0 bridgehead atoms. The Balaban J connectivity index is 1.71. The SMILES string of the molecule is CC/C=C\C/C=C\C/C=C\C/C=C\CCCCCCCOCC(COC1OC(COC2OC(CO)C(O)C(O)C2O)C(O)C(O)C1O)OC(=O)CCCCCCCCCCCCC/C=C\CCCCCCCCCC. The Bertz CT molecular complexity index is 1470. The van der Waals surface area contributed by atoms with Crippen molar-refractivity contribution in [2.75, 3.05) is 33.0 Å². The molecule has 2 aliphatic heterocycles. The van der Waals surface area contributed by atoms with Crippen LogP contribution in [0.3, 0.4) is 0 Å². The van der Waals surface area contributed by atoms with E-state index in [-0.39, 0.29) is 25.6 Å². The van der Waals surface area contributed by atoms with Gasteiger partial charge in [-0.3, -0.25) is 4.79 Å². The molecule has 0 saturated carbocycles. The molecule has 75 heavy (non-hydrogen) atoms. The van der Waals surface area contributed by atoms with Crippen LogP contribution in [0, 0.1) is 0 Å². The van der Waals surface area contributed by atoms with E-state index < -0.39 is 80.7 Å². The molecule has 0 spiro atoms. The zero-order valence-corrected chi connectivity index (χ0v) is 46.8. The number of carbonyl (C=O) groups excluding carboxylic acids is 1. The van der Waals surface area contributed by atoms with Crippen LogP contribution < -0.4 is 0 Å². The Kier molecular flexibility index (Phi) is 43.7. The lowest BCUT2D eigenvalue weighted by Crippen LogP contribution is -2.61. The first-order chi connectivity index (χ1) is 36.6. The van der Waals surface area contributed by atoms with Crippen molar-refractivity contribution in [3.63, 3.8) is 0 Å². The summed E-state index contributed by atoms with van der Waals surface area (Å²) in [7, 11) is 0. The molecule has 0 radical (unpaired) electrons. The summed E-state index contributed by atoms with van der Waals surface area (Å²) in [5.74, 6) is -0.384. The van der Waals surface area contributed by atoms with E-state index in [1.165, 1.54) is 109 Å². The Morgan fingerprint density at radius 2 is 0.867 bits per heavy atom. The van der Waals surface area contributed by atoms with Crippen molar-refractivity contribution in [1.82, 2.24) is 0 Å². The average molecular weight is 1070 g/mol. The predicted molar refractivity (Wildman–Crippen MR) is 298 cm³/mol. The minimum atomic E-state index is -1.71. The van der Waals surface area contributed by atoms with Gasteiger partial charge >= 0.3 is 5.97 Å². The van der Waals surface area contributed by atoms with Gasteiger partial charge < -0.3 is 64.2 Å². The molecule has 7 N–H and O–H groups in total. The normalized spacial score (nSPS) is 25.0. The number of rotatable bonds is 48. The van der Waals surface area contributed by atoms with Crippen LogP contribution in [0.4, 0.5) is 0 Å². The fraction of sp³-hybridized carbons (Fsp3) is 0.820. The molecule has 2 heterocycles. The van der Waals surface area contributed by atoms with Gasteiger partial charge in [0.15, 0.2) is 12.6 Å². The fourth-order valence-corrected chi connectivity index (χ4v) is 9.21. The van der Waals surface area contributed by atoms with Crippen molar-refractivity contribution < 1.29 is 69.0 Å². The zero-order chi connectivity index (χ0) is 54.4. The maximum atomic E-state index is 13.1. The van der Waals surface area contributed by atoms with Crippen LogP contribution in [-0.2, 0) is 33.2 Å². The van der Waals surface area contributed by atoms with Crippen molar-refractivity contribution in [3.8, 4) is 0 Å². The zero-order valence-electron chi connectivity index (χ0n) is 46.8. The third-order valence-electron chi connectivity index (χ3n) is 14.0. The minimum absolute atomic E-state index is 0.0473. The average Bonchev–Trinajstić information content (AvgIpc) is 3.41. The summed E-state index contributed by atoms with van der Waals surface area (Å²) in [5, 5.41) is 72.4. The lowest BCUT2D eigenvalue weighted by molar-refractivity contribution is -0.332. The first-order valence-electron chi connectivity index (χ1n) is 29.9. The van der Waals surface area contributed by atoms with Crippen LogP contribution in [0.1, 0.15) is 219 Å². The highest BCUT2D eigenvalue weighted by atomic mass is 16.7. The Morgan fingerprint density at radius 3 is 1.37 bits per heavy atom. The number of ether oxygens (including phenoxy) is 6. The predicted octanol–water partition coefficient (Wildman–Crippen LogP) is 10.9. The molecule has 2 aliphatic rings. The molecular weight excluding hydrogens is 957 g/mol. The van der Waals surface area contributed by atoms with Crippen molar-refractivity contribution in [2.45, 2.75) is 287 Å². The van der Waals surface area contributed by atoms with Crippen molar-refractivity contribution in [2.24, 2.45) is 0 Å². The maximum Gasteiger partial charge on any atom is 0.306 e. The molecule has 0 aromatic carbocycles. The smallest absolute Gasteiger partial charge is 0.306 e. The highest BCUT2D eigenvalue weighted by Gasteiger charge is 2.47. The third-order valence-corrected chi connectivity index (χ3v) is 14.0. The molecule has 0 aromatic rings. The summed E-state index contributed by atoms with van der Waals surface area (Å²) in [6.45, 7) is 3.55. The topological polar surface area (TPSA) is 214 Å². The first kappa shape index (κ1) is 68.8. The number of aliphatic hydroxyl groups is 7. The molecule has 0 aliphatic carbocycles. The Labute approximate surface area is 454 Å². The summed E-state index contributed by atoms with van der Waals surface area (Å²) in [6, 6.07) is 0. The highest BCUT2D eigenvalue weighted by molar-refractivity contribution is 5.69. The molecule has 436 valence electrons. The van der Waals surface area contributed by atoms with Gasteiger partial charge in [0.2, 0.25) is 0 Å². The van der Waals surface area contributed by atoms with Crippen LogP contribution in [0.5, 0.6) is 0 Å². The molecule has 2 rings (SSSR count). The molecule has 2 saturated heterocycles. The van der Waals surface area contributed by atoms with E-state index in [0.29, 0.717) is 13.0 Å². The number of hydrogen-bond acceptors (Lipinski definition) is 14. The molecule has 14 nitrogen and oxygen atoms in total. The van der Waals surface area contributed by atoms with Crippen LogP contribution >= 0.6 is 0 Å². The van der Waals surface area contributed by atoms with Crippen LogP contribution in [0.15, 0.2) is 60.8 Å². The van der Waals surface area contributed by atoms with Crippen LogP contribution in [-0.4, -0.2) is 142 Å². The molecule has 11 unspecified atom stereocenters. The molecule has 0 amide bonds. The summed E-state index contributed by atoms with van der Waals surface area (Å²) in [5.41, 5.74) is 0. The van der Waals surface area contributed by atoms with E-state index in [0.717, 1.165) is 83.5 Å². The monoisotopic (exact) mass is 1060 g/mol. The van der Waals surface area contributed by atoms with Crippen molar-refractivity contribution >= 4 is 5.97 Å². The largest absolute Gasteiger partial charge is 0.457 e. The quantitative estimate of drug-likeness (QED) is 0.0172. The van der Waals surface area contributed by atoms with Gasteiger partial charge in [-0.15, -0.1) is 0 Å². The van der Waals surface area contributed by atoms with E-state index in [1.807, 2.05) is 0 Å². The van der Waals surface area contributed by atoms with Crippen molar-refractivity contribution in [3.05, 3.63) is 60.8 Å². The summed E-state index contributed by atoms with van der Waals surface area (Å²) < 4.78 is 34.4. The van der Waals surface area contributed by atoms with E-state index in [2.05, 4.69) is 74.6 Å². The summed E-state index contributed by atoms with van der Waals surface area (Å²) in [6.07, 6.45) is 42.8. The third kappa shape index (κ3) is 34.3. The molecule has 11 atom stereocenters. The fourth-order valence-electron chi connectivity index (χ4n) is 9.21. The van der Waals surface area contributed by atoms with Gasteiger partial charge in [-0.25, -0.2) is 0 Å². The standard InChI is InChI=1S/C61H108O14/c1-3-5-7-9-11-13-15-17-19-21-23-24-25-26-27-28-30-32-34-36-38-40-42-44-53(63)73-50(47-70-45-43-41-39-37-35-33-31-29-22-20-18-16-14-12-10-8-6-4-2)48-71-60-59(69)57(67)55(65)52(75-60)49-72-61-58(68)56(66)54(64)51(46-62)74-61/h6,8,12,14,18,20-21,23,29,31,50-52,54-62,64-69H,3-5,7,9-11,13,15-17,19,22,24-28,30,32-49H2,1-2H3/b8-6-,14-12-,20-18-,23-21-,31-29-. The van der Waals surface area contributed by atoms with E-state index in [9.17, 15) is 40.5 Å². The summed E-state index contributed by atoms with van der Waals surface area (Å²) >= 11 is 0. The summed E-state index contributed by atoms with van der Waals surface area (Å²) in [4.78, 5) is 13.1. The number of aliphatic hydroxyl groups excluding tert-OH is 7. The minimum Gasteiger partial charge on any atom is -0.457 e. The number of allylic oxidation sites excluding steroid dienone is 10. The van der Waals surface area contributed by atoms with E-state index in [1.54, 1.807) is 0 Å². The number of carbonyl (C=O) groups is 1. The van der Waals surface area contributed by atoms with Crippen LogP contribution in [0.25, 0.3) is 0 Å². The first-order valence-corrected chi connectivity index (χ1v) is 29.9. The molecular formula is C61H108O14. The lowest BCUT2D eigenvalue weighted by Gasteiger charge is -2.42.